The Labute approximate surface area is 684 Å². The molecular formula is C94H82B6F7NO10. The average molecular weight is 1580 g/mol. The molecule has 118 heavy (non-hydrogen) atoms. The summed E-state index contributed by atoms with van der Waals surface area (Å²) >= 11 is 0. The summed E-state index contributed by atoms with van der Waals surface area (Å²) in [5.74, 6) is -0.890. The quantitative estimate of drug-likeness (QED) is 0.0757. The molecule has 24 heteroatoms. The number of nitrogens with one attached hydrogen (secondary N) is 1. The van der Waals surface area contributed by atoms with E-state index in [0.717, 1.165) is 133 Å². The molecule has 6 aliphatic rings. The van der Waals surface area contributed by atoms with Gasteiger partial charge in [-0.05, 0) is 270 Å². The number of aliphatic hydroxyl groups excluding tert-OH is 2. The third-order valence-corrected chi connectivity index (χ3v) is 21.5. The highest BCUT2D eigenvalue weighted by Gasteiger charge is 2.36. The monoisotopic (exact) mass is 1580 g/mol. The lowest BCUT2D eigenvalue weighted by Gasteiger charge is -2.12. The first kappa shape index (κ1) is 83.2. The standard InChI is InChI=1S/C21H17BFNO2.3C15H14BFO2.C15H14BFO.C13H9BF2O/c23-19-10-11-20-17(12-19)14-26-22(20)18-8-6-15(7-9-18)13-24-21(25)16-4-2-1-3-5-16;1-10-7-13(18-2)4-6-14(10)16-15-5-3-12(17)8-11(15)9-19-16;1-10-6-13(3-2-11(10)8-18)16-15-5-4-14(17)7-12(15)9-19-16;17-14-4-5-15-12(9-14)10-19-16(15)13-3-1-2-11(8-13)6-7-18;1-10-5-11(2)7-13(6-10)16-15-4-3-14(17)8-12(15)9-18-16;15-11-3-1-10(2-4-11)14-13-6-5-12(16)7-9(13)8-17-14/h1-12H,13-14H2,(H,24,25);3-8H,9H2,1-2H3;2-7,18H,8-9H2,1H3;1-5,8-9,18H,6-7,10H2;3-8H,9H2,1-2H3;1-7H,8H2. The Balaban J connectivity index is 0.000000117. The van der Waals surface area contributed by atoms with Crippen molar-refractivity contribution in [3.05, 3.63) is 386 Å². The van der Waals surface area contributed by atoms with Crippen molar-refractivity contribution < 1.29 is 78.4 Å². The topological polar surface area (TPSA) is 134 Å². The highest BCUT2D eigenvalue weighted by atomic mass is 19.2. The van der Waals surface area contributed by atoms with Crippen molar-refractivity contribution in [2.75, 3.05) is 13.7 Å². The van der Waals surface area contributed by atoms with Gasteiger partial charge in [0.1, 0.15) is 46.5 Å². The van der Waals surface area contributed by atoms with Crippen LogP contribution >= 0.6 is 0 Å². The molecule has 1 amide bonds. The number of fused-ring (bicyclic) bond motifs is 6. The SMILES string of the molecule is COc1ccc(B2OCc3cc(F)ccc32)c(C)c1.Cc1cc(B2OCc3cc(F)ccc32)ccc1CO.Cc1cc(C)cc(B2OCc3cc(F)ccc32)c1.Fc1ccc(B2OCc3cc(F)ccc32)cc1.O=C(NCc1ccc(B2OCc3cc(F)ccc32)cc1)c1ccccc1.OCCc1cccc(B2OCc3cc(F)ccc32)c1. The summed E-state index contributed by atoms with van der Waals surface area (Å²) in [6, 6.07) is 78.3. The maximum absolute atomic E-state index is 13.3. The number of carbonyl (C=O) groups excluding carboxylic acids is 1. The Kier molecular flexibility index (Phi) is 27.1. The summed E-state index contributed by atoms with van der Waals surface area (Å²) in [6.07, 6.45) is 0.636. The normalized spacial score (nSPS) is 13.5. The molecule has 13 aromatic rings. The molecule has 0 bridgehead atoms. The fraction of sp³-hybridized carbons (Fsp3) is 0.160. The number of carbonyl (C=O) groups is 1. The molecule has 0 aliphatic carbocycles. The van der Waals surface area contributed by atoms with E-state index in [-0.39, 0.29) is 101 Å². The lowest BCUT2D eigenvalue weighted by atomic mass is 9.54. The average Bonchev–Trinajstić information content (AvgIpc) is 1.21. The summed E-state index contributed by atoms with van der Waals surface area (Å²) in [5.41, 5.74) is 26.1. The number of benzene rings is 13. The van der Waals surface area contributed by atoms with Gasteiger partial charge in [-0.25, -0.2) is 30.7 Å². The second-order valence-corrected chi connectivity index (χ2v) is 29.8. The zero-order chi connectivity index (χ0) is 82.5. The van der Waals surface area contributed by atoms with Crippen LogP contribution < -0.4 is 75.6 Å². The minimum Gasteiger partial charge on any atom is -0.497 e. The number of aliphatic hydroxyl groups is 2. The molecule has 0 radical (unpaired) electrons. The number of hydrogen-bond acceptors (Lipinski definition) is 10. The van der Waals surface area contributed by atoms with Gasteiger partial charge in [-0.2, -0.15) is 0 Å². The molecule has 0 aromatic heterocycles. The van der Waals surface area contributed by atoms with Gasteiger partial charge in [-0.15, -0.1) is 0 Å². The Morgan fingerprint density at radius 3 is 1.14 bits per heavy atom. The highest BCUT2D eigenvalue weighted by Crippen LogP contribution is 2.22. The second-order valence-electron chi connectivity index (χ2n) is 29.8. The van der Waals surface area contributed by atoms with Gasteiger partial charge in [0.15, 0.2) is 0 Å². The van der Waals surface area contributed by atoms with Crippen molar-refractivity contribution in [3.8, 4) is 5.75 Å². The van der Waals surface area contributed by atoms with Gasteiger partial charge in [0.25, 0.3) is 5.91 Å². The second kappa shape index (κ2) is 38.4. The van der Waals surface area contributed by atoms with Gasteiger partial charge in [0.2, 0.25) is 0 Å². The van der Waals surface area contributed by atoms with Crippen molar-refractivity contribution in [1.29, 1.82) is 0 Å². The van der Waals surface area contributed by atoms with Gasteiger partial charge in [-0.3, -0.25) is 4.79 Å². The van der Waals surface area contributed by atoms with Gasteiger partial charge >= 0.3 is 41.5 Å². The van der Waals surface area contributed by atoms with Crippen LogP contribution in [0.25, 0.3) is 0 Å². The van der Waals surface area contributed by atoms with Crippen LogP contribution in [0, 0.1) is 68.4 Å². The largest absolute Gasteiger partial charge is 0.497 e. The predicted octanol–water partition coefficient (Wildman–Crippen LogP) is 10.1. The van der Waals surface area contributed by atoms with Crippen LogP contribution in [0.2, 0.25) is 0 Å². The molecule has 0 unspecified atom stereocenters. The van der Waals surface area contributed by atoms with E-state index in [4.69, 9.17) is 37.8 Å². The van der Waals surface area contributed by atoms with E-state index in [9.17, 15) is 40.6 Å². The van der Waals surface area contributed by atoms with E-state index in [1.54, 1.807) is 67.8 Å². The smallest absolute Gasteiger partial charge is 0.362 e. The van der Waals surface area contributed by atoms with Gasteiger partial charge in [0.05, 0.1) is 53.4 Å². The number of halogens is 7. The van der Waals surface area contributed by atoms with Crippen molar-refractivity contribution in [1.82, 2.24) is 5.32 Å². The first-order chi connectivity index (χ1) is 57.2. The van der Waals surface area contributed by atoms with Crippen LogP contribution in [0.15, 0.2) is 267 Å². The lowest BCUT2D eigenvalue weighted by Crippen LogP contribution is -2.42. The molecule has 6 heterocycles. The molecule has 0 saturated heterocycles. The van der Waals surface area contributed by atoms with Gasteiger partial charge < -0.3 is 48.2 Å². The maximum Gasteiger partial charge on any atom is 0.362 e. The summed E-state index contributed by atoms with van der Waals surface area (Å²) in [5, 5.41) is 21.1. The molecule has 6 aliphatic heterocycles. The number of rotatable bonds is 13. The van der Waals surface area contributed by atoms with Crippen molar-refractivity contribution in [2.24, 2.45) is 0 Å². The number of amides is 1. The highest BCUT2D eigenvalue weighted by molar-refractivity contribution is 6.83. The van der Waals surface area contributed by atoms with Crippen LogP contribution in [-0.2, 0) is 87.1 Å². The molecule has 0 spiro atoms. The predicted molar refractivity (Wildman–Crippen MR) is 456 cm³/mol. The van der Waals surface area contributed by atoms with Crippen molar-refractivity contribution >= 4 is 113 Å². The van der Waals surface area contributed by atoms with E-state index in [0.29, 0.717) is 58.2 Å². The summed E-state index contributed by atoms with van der Waals surface area (Å²) in [6.45, 7) is 10.6. The Hall–Kier alpha value is -11.3. The number of aryl methyl sites for hydroxylation is 4. The molecule has 0 atom stereocenters. The van der Waals surface area contributed by atoms with E-state index in [1.807, 2.05) is 129 Å². The van der Waals surface area contributed by atoms with Crippen LogP contribution in [0.5, 0.6) is 5.75 Å². The minimum atomic E-state index is -0.272. The first-order valence-electron chi connectivity index (χ1n) is 38.9. The number of hydrogen-bond donors (Lipinski definition) is 3. The summed E-state index contributed by atoms with van der Waals surface area (Å²) in [7, 11) is 1.65. The molecule has 13 aromatic carbocycles. The Bertz CT molecular complexity index is 5720. The molecule has 590 valence electrons. The summed E-state index contributed by atoms with van der Waals surface area (Å²) < 4.78 is 132. The number of methoxy groups -OCH3 is 1. The van der Waals surface area contributed by atoms with Crippen LogP contribution in [0.1, 0.15) is 82.7 Å². The zero-order valence-corrected chi connectivity index (χ0v) is 65.7. The van der Waals surface area contributed by atoms with Crippen molar-refractivity contribution in [3.63, 3.8) is 0 Å². The van der Waals surface area contributed by atoms with Gasteiger partial charge in [-0.1, -0.05) is 169 Å². The molecule has 3 N–H and O–H groups in total. The zero-order valence-electron chi connectivity index (χ0n) is 65.7. The lowest BCUT2D eigenvalue weighted by molar-refractivity contribution is 0.0950. The van der Waals surface area contributed by atoms with Gasteiger partial charge in [0, 0.05) is 18.7 Å². The molecule has 0 fully saturated rings. The minimum absolute atomic E-state index is 0.0411. The fourth-order valence-corrected chi connectivity index (χ4v) is 15.6. The van der Waals surface area contributed by atoms with Crippen LogP contribution in [-0.4, -0.2) is 71.3 Å². The molecular weight excluding hydrogens is 1500 g/mol. The molecule has 0 saturated carbocycles. The Morgan fingerprint density at radius 2 is 0.729 bits per heavy atom. The third-order valence-electron chi connectivity index (χ3n) is 21.5. The molecule has 11 nitrogen and oxygen atoms in total. The van der Waals surface area contributed by atoms with Crippen molar-refractivity contribution in [2.45, 2.75) is 86.9 Å². The maximum atomic E-state index is 13.3. The van der Waals surface area contributed by atoms with Crippen LogP contribution in [0.3, 0.4) is 0 Å². The van der Waals surface area contributed by atoms with E-state index in [2.05, 4.69) is 37.4 Å². The van der Waals surface area contributed by atoms with Crippen LogP contribution in [0.4, 0.5) is 30.7 Å². The van der Waals surface area contributed by atoms with E-state index >= 15 is 0 Å². The van der Waals surface area contributed by atoms with E-state index in [1.165, 1.54) is 83.9 Å². The Morgan fingerprint density at radius 1 is 0.347 bits per heavy atom. The number of ether oxygens (including phenoxy) is 1. The summed E-state index contributed by atoms with van der Waals surface area (Å²) in [4.78, 5) is 12.1. The fourth-order valence-electron chi connectivity index (χ4n) is 15.6. The third kappa shape index (κ3) is 20.1. The van der Waals surface area contributed by atoms with E-state index < -0.39 is 0 Å². The molecule has 19 rings (SSSR count). The first-order valence-corrected chi connectivity index (χ1v) is 38.9.